The Labute approximate surface area is 124 Å². The Kier molecular flexibility index (Phi) is 3.26. The number of rotatable bonds is 2. The van der Waals surface area contributed by atoms with E-state index in [1.54, 1.807) is 6.20 Å². The first-order chi connectivity index (χ1) is 10.0. The number of fused-ring (bicyclic) bond motifs is 1. The molecule has 0 aliphatic heterocycles. The third-order valence-corrected chi connectivity index (χ3v) is 4.30. The minimum Gasteiger partial charge on any atom is -0.325 e. The van der Waals surface area contributed by atoms with E-state index < -0.39 is 0 Å². The van der Waals surface area contributed by atoms with Gasteiger partial charge in [-0.25, -0.2) is 9.97 Å². The Bertz CT molecular complexity index is 804. The molecule has 1 aromatic carbocycles. The molecule has 0 atom stereocenters. The molecule has 0 spiro atoms. The summed E-state index contributed by atoms with van der Waals surface area (Å²) in [6.45, 7) is 9.01. The van der Waals surface area contributed by atoms with Gasteiger partial charge < -0.3 is 5.73 Å². The van der Waals surface area contributed by atoms with Crippen LogP contribution in [-0.2, 0) is 6.54 Å². The van der Waals surface area contributed by atoms with Crippen LogP contribution in [0, 0.1) is 27.7 Å². The van der Waals surface area contributed by atoms with E-state index in [2.05, 4.69) is 38.7 Å². The molecule has 0 bridgehead atoms. The maximum absolute atomic E-state index is 5.99. The molecule has 3 rings (SSSR count). The minimum absolute atomic E-state index is 0.439. The molecule has 4 heteroatoms. The van der Waals surface area contributed by atoms with Crippen LogP contribution in [0.4, 0.5) is 0 Å². The van der Waals surface area contributed by atoms with Gasteiger partial charge in [0, 0.05) is 24.5 Å². The zero-order valence-corrected chi connectivity index (χ0v) is 12.9. The fourth-order valence-corrected chi connectivity index (χ4v) is 2.90. The van der Waals surface area contributed by atoms with Gasteiger partial charge in [-0.2, -0.15) is 0 Å². The number of benzene rings is 1. The molecule has 0 radical (unpaired) electrons. The maximum atomic E-state index is 5.99. The summed E-state index contributed by atoms with van der Waals surface area (Å²) in [7, 11) is 0. The molecule has 0 unspecified atom stereocenters. The van der Waals surface area contributed by atoms with Crippen LogP contribution >= 0.6 is 0 Å². The van der Waals surface area contributed by atoms with E-state index >= 15 is 0 Å². The molecule has 2 N–H and O–H groups in total. The van der Waals surface area contributed by atoms with Gasteiger partial charge in [-0.3, -0.25) is 4.40 Å². The Hall–Kier alpha value is -2.20. The zero-order chi connectivity index (χ0) is 15.1. The molecular weight excluding hydrogens is 260 g/mol. The van der Waals surface area contributed by atoms with Gasteiger partial charge in [0.2, 0.25) is 5.78 Å². The number of aryl methyl sites for hydroxylation is 2. The number of imidazole rings is 1. The third kappa shape index (κ3) is 2.03. The van der Waals surface area contributed by atoms with Crippen molar-refractivity contribution >= 4 is 5.78 Å². The largest absolute Gasteiger partial charge is 0.325 e. The van der Waals surface area contributed by atoms with Gasteiger partial charge in [0.15, 0.2) is 0 Å². The number of aromatic nitrogens is 3. The van der Waals surface area contributed by atoms with E-state index in [9.17, 15) is 0 Å². The molecule has 3 aromatic rings. The maximum Gasteiger partial charge on any atom is 0.234 e. The normalized spacial score (nSPS) is 11.3. The summed E-state index contributed by atoms with van der Waals surface area (Å²) < 4.78 is 1.98. The summed E-state index contributed by atoms with van der Waals surface area (Å²) in [5.74, 6) is 0.700. The second kappa shape index (κ2) is 4.97. The van der Waals surface area contributed by atoms with Crippen LogP contribution < -0.4 is 5.73 Å². The highest BCUT2D eigenvalue weighted by molar-refractivity contribution is 5.74. The Balaban J connectivity index is 2.41. The van der Waals surface area contributed by atoms with Crippen LogP contribution in [0.3, 0.4) is 0 Å². The summed E-state index contributed by atoms with van der Waals surface area (Å²) >= 11 is 0. The van der Waals surface area contributed by atoms with Crippen molar-refractivity contribution in [1.29, 1.82) is 0 Å². The third-order valence-electron chi connectivity index (χ3n) is 4.30. The fourth-order valence-electron chi connectivity index (χ4n) is 2.90. The average molecular weight is 280 g/mol. The van der Waals surface area contributed by atoms with E-state index in [0.717, 1.165) is 11.4 Å². The number of nitrogens with zero attached hydrogens (tertiary/aromatic N) is 3. The van der Waals surface area contributed by atoms with Gasteiger partial charge in [-0.05, 0) is 56.0 Å². The van der Waals surface area contributed by atoms with Crippen molar-refractivity contribution in [2.24, 2.45) is 5.73 Å². The highest BCUT2D eigenvalue weighted by atomic mass is 15.1. The molecule has 4 nitrogen and oxygen atoms in total. The SMILES string of the molecule is Cc1cc(C)c(C)c(-c2nc3ncccn3c2CN)c1C. The van der Waals surface area contributed by atoms with E-state index in [-0.39, 0.29) is 0 Å². The van der Waals surface area contributed by atoms with Crippen molar-refractivity contribution in [3.8, 4) is 11.3 Å². The standard InChI is InChI=1S/C17H20N4/c1-10-8-11(2)13(4)15(12(10)3)16-14(9-18)21-7-5-6-19-17(21)20-16/h5-8H,9,18H2,1-4H3. The van der Waals surface area contributed by atoms with Crippen LogP contribution in [0.5, 0.6) is 0 Å². The van der Waals surface area contributed by atoms with Crippen molar-refractivity contribution in [1.82, 2.24) is 14.4 Å². The van der Waals surface area contributed by atoms with E-state index in [0.29, 0.717) is 12.3 Å². The van der Waals surface area contributed by atoms with Gasteiger partial charge in [-0.1, -0.05) is 6.07 Å². The van der Waals surface area contributed by atoms with Crippen molar-refractivity contribution < 1.29 is 0 Å². The Morgan fingerprint density at radius 1 is 1.10 bits per heavy atom. The van der Waals surface area contributed by atoms with Gasteiger partial charge in [-0.15, -0.1) is 0 Å². The summed E-state index contributed by atoms with van der Waals surface area (Å²) in [6.07, 6.45) is 3.72. The summed E-state index contributed by atoms with van der Waals surface area (Å²) in [5.41, 5.74) is 14.2. The average Bonchev–Trinajstić information content (AvgIpc) is 2.83. The lowest BCUT2D eigenvalue weighted by Gasteiger charge is -2.14. The first-order valence-electron chi connectivity index (χ1n) is 7.14. The molecule has 0 aliphatic rings. The lowest BCUT2D eigenvalue weighted by Crippen LogP contribution is -2.04. The van der Waals surface area contributed by atoms with Crippen molar-refractivity contribution in [2.75, 3.05) is 0 Å². The lowest BCUT2D eigenvalue weighted by molar-refractivity contribution is 0.948. The van der Waals surface area contributed by atoms with E-state index in [1.165, 1.54) is 27.8 Å². The monoisotopic (exact) mass is 280 g/mol. The molecule has 21 heavy (non-hydrogen) atoms. The molecule has 0 amide bonds. The first kappa shape index (κ1) is 13.8. The van der Waals surface area contributed by atoms with Crippen LogP contribution in [0.1, 0.15) is 27.9 Å². The Morgan fingerprint density at radius 3 is 2.38 bits per heavy atom. The predicted octanol–water partition coefficient (Wildman–Crippen LogP) is 3.09. The number of hydrogen-bond acceptors (Lipinski definition) is 3. The van der Waals surface area contributed by atoms with Crippen molar-refractivity contribution in [3.05, 3.63) is 52.5 Å². The number of hydrogen-bond donors (Lipinski definition) is 1. The number of nitrogens with two attached hydrogens (primary N) is 1. The summed E-state index contributed by atoms with van der Waals surface area (Å²) in [5, 5.41) is 0. The van der Waals surface area contributed by atoms with Crippen LogP contribution in [0.2, 0.25) is 0 Å². The summed E-state index contributed by atoms with van der Waals surface area (Å²) in [4.78, 5) is 9.07. The van der Waals surface area contributed by atoms with Crippen molar-refractivity contribution in [2.45, 2.75) is 34.2 Å². The fraction of sp³-hybridized carbons (Fsp3) is 0.294. The van der Waals surface area contributed by atoms with E-state index in [1.807, 2.05) is 16.7 Å². The van der Waals surface area contributed by atoms with E-state index in [4.69, 9.17) is 10.7 Å². The lowest BCUT2D eigenvalue weighted by atomic mass is 9.91. The molecular formula is C17H20N4. The summed E-state index contributed by atoms with van der Waals surface area (Å²) in [6, 6.07) is 4.13. The zero-order valence-electron chi connectivity index (χ0n) is 12.9. The quantitative estimate of drug-likeness (QED) is 0.784. The highest BCUT2D eigenvalue weighted by Crippen LogP contribution is 2.33. The second-order valence-electron chi connectivity index (χ2n) is 5.54. The molecule has 0 aliphatic carbocycles. The van der Waals surface area contributed by atoms with Crippen molar-refractivity contribution in [3.63, 3.8) is 0 Å². The van der Waals surface area contributed by atoms with Gasteiger partial charge in [0.1, 0.15) is 0 Å². The molecule has 0 saturated carbocycles. The Morgan fingerprint density at radius 2 is 1.76 bits per heavy atom. The first-order valence-corrected chi connectivity index (χ1v) is 7.14. The van der Waals surface area contributed by atoms with Gasteiger partial charge >= 0.3 is 0 Å². The highest BCUT2D eigenvalue weighted by Gasteiger charge is 2.18. The molecule has 2 aromatic heterocycles. The van der Waals surface area contributed by atoms with Gasteiger partial charge in [0.25, 0.3) is 0 Å². The van der Waals surface area contributed by atoms with Crippen LogP contribution in [-0.4, -0.2) is 14.4 Å². The molecule has 0 saturated heterocycles. The smallest absolute Gasteiger partial charge is 0.234 e. The molecule has 108 valence electrons. The van der Waals surface area contributed by atoms with Gasteiger partial charge in [0.05, 0.1) is 11.4 Å². The molecule has 0 fully saturated rings. The van der Waals surface area contributed by atoms with Crippen LogP contribution in [0.25, 0.3) is 17.0 Å². The topological polar surface area (TPSA) is 56.2 Å². The molecule has 2 heterocycles. The predicted molar refractivity (Wildman–Crippen MR) is 85.3 cm³/mol. The van der Waals surface area contributed by atoms with Crippen LogP contribution in [0.15, 0.2) is 24.5 Å². The minimum atomic E-state index is 0.439. The second-order valence-corrected chi connectivity index (χ2v) is 5.54.